The molecule has 1 fully saturated rings. The maximum absolute atomic E-state index is 10.1. The second kappa shape index (κ2) is 8.70. The van der Waals surface area contributed by atoms with Crippen LogP contribution in [-0.4, -0.2) is 72.9 Å². The third-order valence-electron chi connectivity index (χ3n) is 4.45. The lowest BCUT2D eigenvalue weighted by molar-refractivity contribution is 0.0174. The predicted octanol–water partition coefficient (Wildman–Crippen LogP) is -1.40. The van der Waals surface area contributed by atoms with Gasteiger partial charge in [0.2, 0.25) is 0 Å². The van der Waals surface area contributed by atoms with Crippen LogP contribution >= 0.6 is 0 Å². The Kier molecular flexibility index (Phi) is 6.91. The van der Waals surface area contributed by atoms with E-state index >= 15 is 0 Å². The van der Waals surface area contributed by atoms with Crippen LogP contribution in [0.2, 0.25) is 0 Å². The van der Waals surface area contributed by atoms with E-state index < -0.39 is 24.3 Å². The molecule has 0 saturated carbocycles. The maximum atomic E-state index is 10.1. The molecule has 1 saturated heterocycles. The number of nitrogens with zero attached hydrogens (tertiary/aromatic N) is 3. The molecule has 4 atom stereocenters. The van der Waals surface area contributed by atoms with E-state index in [1.165, 1.54) is 0 Å². The van der Waals surface area contributed by atoms with Gasteiger partial charge in [0, 0.05) is 13.0 Å². The first-order chi connectivity index (χ1) is 11.1. The van der Waals surface area contributed by atoms with Gasteiger partial charge in [0.25, 0.3) is 0 Å². The summed E-state index contributed by atoms with van der Waals surface area (Å²) in [4.78, 5) is 0. The van der Waals surface area contributed by atoms with Gasteiger partial charge in [-0.1, -0.05) is 25.0 Å². The smallest absolute Gasteiger partial charge is 0.0990 e. The van der Waals surface area contributed by atoms with E-state index in [1.807, 2.05) is 0 Å². The number of rotatable bonds is 9. The first kappa shape index (κ1) is 18.3. The largest absolute Gasteiger partial charge is 0.396 e. The fraction of sp³-hybridized carbons (Fsp3) is 0.867. The third-order valence-corrected chi connectivity index (χ3v) is 4.45. The van der Waals surface area contributed by atoms with Crippen molar-refractivity contribution in [3.05, 3.63) is 11.4 Å². The van der Waals surface area contributed by atoms with E-state index in [1.54, 1.807) is 4.68 Å². The number of hydrogen-bond donors (Lipinski definition) is 5. The summed E-state index contributed by atoms with van der Waals surface area (Å²) in [5.41, 5.74) is 1.76. The molecule has 5 N–H and O–H groups in total. The first-order valence-electron chi connectivity index (χ1n) is 8.37. The Morgan fingerprint density at radius 3 is 2.43 bits per heavy atom. The Balaban J connectivity index is 2.09. The minimum atomic E-state index is -0.992. The molecule has 1 aromatic rings. The summed E-state index contributed by atoms with van der Waals surface area (Å²) in [6.45, 7) is 2.30. The summed E-state index contributed by atoms with van der Waals surface area (Å²) < 4.78 is 1.74. The summed E-state index contributed by atoms with van der Waals surface area (Å²) in [5, 5.41) is 49.7. The molecule has 0 spiro atoms. The molecule has 23 heavy (non-hydrogen) atoms. The van der Waals surface area contributed by atoms with E-state index in [0.29, 0.717) is 13.0 Å². The molecule has 0 radical (unpaired) electrons. The molecule has 0 aliphatic carbocycles. The van der Waals surface area contributed by atoms with Crippen LogP contribution in [0, 0.1) is 0 Å². The Labute approximate surface area is 136 Å². The number of aromatic nitrogens is 3. The van der Waals surface area contributed by atoms with Crippen LogP contribution in [0.15, 0.2) is 0 Å². The van der Waals surface area contributed by atoms with Crippen molar-refractivity contribution in [3.63, 3.8) is 0 Å². The van der Waals surface area contributed by atoms with E-state index in [4.69, 9.17) is 5.11 Å². The number of hydrogen-bond acceptors (Lipinski definition) is 7. The van der Waals surface area contributed by atoms with Crippen molar-refractivity contribution in [1.82, 2.24) is 20.3 Å². The molecule has 0 aromatic carbocycles. The molecular formula is C15H28N4O4. The molecule has 0 amide bonds. The zero-order valence-electron chi connectivity index (χ0n) is 13.6. The van der Waals surface area contributed by atoms with Crippen molar-refractivity contribution in [1.29, 1.82) is 0 Å². The van der Waals surface area contributed by atoms with Crippen molar-refractivity contribution in [2.75, 3.05) is 13.2 Å². The maximum Gasteiger partial charge on any atom is 0.0990 e. The van der Waals surface area contributed by atoms with Gasteiger partial charge in [0.05, 0.1) is 48.8 Å². The molecule has 1 aliphatic rings. The van der Waals surface area contributed by atoms with E-state index in [9.17, 15) is 15.3 Å². The SMILES string of the molecule is CCCCCc1c(CCO)nnn1C[C@H]1N[C@H](CO)[C@@H](O)[C@@H]1O. The molecule has 0 bridgehead atoms. The average molecular weight is 328 g/mol. The molecule has 132 valence electrons. The number of unbranched alkanes of at least 4 members (excludes halogenated alkanes) is 2. The number of aliphatic hydroxyl groups is 4. The molecule has 0 unspecified atom stereocenters. The minimum absolute atomic E-state index is 0.0229. The van der Waals surface area contributed by atoms with E-state index in [0.717, 1.165) is 37.1 Å². The lowest BCUT2D eigenvalue weighted by atomic mass is 10.1. The summed E-state index contributed by atoms with van der Waals surface area (Å²) in [7, 11) is 0. The Bertz CT molecular complexity index is 482. The second-order valence-corrected chi connectivity index (χ2v) is 6.14. The van der Waals surface area contributed by atoms with Gasteiger partial charge in [-0.05, 0) is 12.8 Å². The first-order valence-corrected chi connectivity index (χ1v) is 8.37. The zero-order valence-corrected chi connectivity index (χ0v) is 13.6. The molecule has 2 rings (SSSR count). The molecule has 8 heteroatoms. The van der Waals surface area contributed by atoms with Gasteiger partial charge in [-0.15, -0.1) is 5.10 Å². The standard InChI is InChI=1S/C15H28N4O4/c1-2-3-4-5-13-10(6-7-20)17-18-19(13)8-11-14(22)15(23)12(9-21)16-11/h11-12,14-16,20-23H,2-9H2,1H3/t11-,12-,14-,15-/m1/s1. The summed E-state index contributed by atoms with van der Waals surface area (Å²) >= 11 is 0. The van der Waals surface area contributed by atoms with Gasteiger partial charge >= 0.3 is 0 Å². The van der Waals surface area contributed by atoms with Crippen molar-refractivity contribution in [3.8, 4) is 0 Å². The van der Waals surface area contributed by atoms with Gasteiger partial charge in [0.15, 0.2) is 0 Å². The van der Waals surface area contributed by atoms with Gasteiger partial charge in [-0.25, -0.2) is 4.68 Å². The van der Waals surface area contributed by atoms with Crippen LogP contribution in [0.1, 0.15) is 37.6 Å². The molecule has 1 aromatic heterocycles. The second-order valence-electron chi connectivity index (χ2n) is 6.14. The van der Waals surface area contributed by atoms with Crippen LogP contribution in [0.4, 0.5) is 0 Å². The highest BCUT2D eigenvalue weighted by Gasteiger charge is 2.41. The van der Waals surface area contributed by atoms with Crippen LogP contribution in [0.25, 0.3) is 0 Å². The summed E-state index contributed by atoms with van der Waals surface area (Å²) in [6, 6.07) is -0.922. The van der Waals surface area contributed by atoms with Crippen LogP contribution in [0.3, 0.4) is 0 Å². The van der Waals surface area contributed by atoms with Gasteiger partial charge < -0.3 is 25.7 Å². The molecule has 2 heterocycles. The summed E-state index contributed by atoms with van der Waals surface area (Å²) in [6.07, 6.45) is 2.58. The molecule has 8 nitrogen and oxygen atoms in total. The number of nitrogens with one attached hydrogen (secondary N) is 1. The summed E-state index contributed by atoms with van der Waals surface area (Å²) in [5.74, 6) is 0. The quantitative estimate of drug-likeness (QED) is 0.353. The Morgan fingerprint density at radius 1 is 1.09 bits per heavy atom. The fourth-order valence-corrected chi connectivity index (χ4v) is 3.09. The van der Waals surface area contributed by atoms with Crippen molar-refractivity contribution >= 4 is 0 Å². The lowest BCUT2D eigenvalue weighted by Gasteiger charge is -2.17. The van der Waals surface area contributed by atoms with E-state index in [-0.39, 0.29) is 13.2 Å². The minimum Gasteiger partial charge on any atom is -0.396 e. The van der Waals surface area contributed by atoms with Crippen molar-refractivity contribution in [2.24, 2.45) is 0 Å². The van der Waals surface area contributed by atoms with Crippen molar-refractivity contribution in [2.45, 2.75) is 69.9 Å². The highest BCUT2D eigenvalue weighted by molar-refractivity contribution is 5.12. The third kappa shape index (κ3) is 4.27. The van der Waals surface area contributed by atoms with Crippen LogP contribution < -0.4 is 5.32 Å². The predicted molar refractivity (Wildman–Crippen MR) is 83.9 cm³/mol. The lowest BCUT2D eigenvalue weighted by Crippen LogP contribution is -2.38. The van der Waals surface area contributed by atoms with Crippen LogP contribution in [0.5, 0.6) is 0 Å². The van der Waals surface area contributed by atoms with Crippen LogP contribution in [-0.2, 0) is 19.4 Å². The van der Waals surface area contributed by atoms with E-state index in [2.05, 4.69) is 22.6 Å². The fourth-order valence-electron chi connectivity index (χ4n) is 3.09. The van der Waals surface area contributed by atoms with Gasteiger partial charge in [-0.3, -0.25) is 0 Å². The topological polar surface area (TPSA) is 124 Å². The highest BCUT2D eigenvalue weighted by atomic mass is 16.3. The van der Waals surface area contributed by atoms with Crippen molar-refractivity contribution < 1.29 is 20.4 Å². The highest BCUT2D eigenvalue weighted by Crippen LogP contribution is 2.18. The average Bonchev–Trinajstić information content (AvgIpc) is 3.04. The number of aliphatic hydroxyl groups excluding tert-OH is 4. The Morgan fingerprint density at radius 2 is 1.83 bits per heavy atom. The van der Waals surface area contributed by atoms with Gasteiger partial charge in [-0.2, -0.15) is 0 Å². The van der Waals surface area contributed by atoms with Gasteiger partial charge in [0.1, 0.15) is 0 Å². The monoisotopic (exact) mass is 328 g/mol. The molecular weight excluding hydrogens is 300 g/mol. The Hall–Kier alpha value is -1.06. The normalized spacial score (nSPS) is 27.7. The molecule has 1 aliphatic heterocycles. The zero-order chi connectivity index (χ0) is 16.8.